The van der Waals surface area contributed by atoms with Crippen LogP contribution in [0.5, 0.6) is 0 Å². The van der Waals surface area contributed by atoms with Gasteiger partial charge in [0.05, 0.1) is 0 Å². The first-order valence-electron chi connectivity index (χ1n) is 6.98. The van der Waals surface area contributed by atoms with Crippen LogP contribution in [0.25, 0.3) is 0 Å². The van der Waals surface area contributed by atoms with Crippen LogP contribution in [0.3, 0.4) is 0 Å². The molecule has 2 heterocycles. The van der Waals surface area contributed by atoms with Crippen molar-refractivity contribution in [2.45, 2.75) is 31.7 Å². The lowest BCUT2D eigenvalue weighted by molar-refractivity contribution is -0.135. The summed E-state index contributed by atoms with van der Waals surface area (Å²) in [6.45, 7) is 2.09. The Bertz CT molecular complexity index is 391. The Balaban J connectivity index is 1.88. The Morgan fingerprint density at radius 3 is 2.65 bits per heavy atom. The molecule has 2 aliphatic rings. The van der Waals surface area contributed by atoms with Gasteiger partial charge in [-0.1, -0.05) is 0 Å². The molecule has 2 aliphatic heterocycles. The van der Waals surface area contributed by atoms with Crippen LogP contribution in [-0.2, 0) is 14.3 Å². The van der Waals surface area contributed by atoms with E-state index in [4.69, 9.17) is 4.74 Å². The first-order chi connectivity index (χ1) is 9.60. The fourth-order valence-electron chi connectivity index (χ4n) is 2.69. The zero-order chi connectivity index (χ0) is 14.5. The second-order valence-electron chi connectivity index (χ2n) is 5.34. The molecule has 0 radical (unpaired) electrons. The first kappa shape index (κ1) is 14.8. The van der Waals surface area contributed by atoms with E-state index in [1.165, 1.54) is 0 Å². The second kappa shape index (κ2) is 6.69. The largest absolute Gasteiger partial charge is 0.384 e. The van der Waals surface area contributed by atoms with Gasteiger partial charge in [-0.05, 0) is 25.2 Å². The molecule has 0 aromatic heterocycles. The van der Waals surface area contributed by atoms with Crippen molar-refractivity contribution in [1.82, 2.24) is 15.5 Å². The summed E-state index contributed by atoms with van der Waals surface area (Å²) in [7, 11) is 1.68. The molecule has 2 fully saturated rings. The Hall–Kier alpha value is -1.63. The molecule has 0 spiro atoms. The van der Waals surface area contributed by atoms with E-state index in [9.17, 15) is 14.4 Å². The predicted molar refractivity (Wildman–Crippen MR) is 70.9 cm³/mol. The molecule has 2 rings (SSSR count). The average molecular weight is 283 g/mol. The minimum Gasteiger partial charge on any atom is -0.384 e. The van der Waals surface area contributed by atoms with Crippen molar-refractivity contribution in [2.75, 3.05) is 26.8 Å². The molecule has 0 bridgehead atoms. The molecule has 20 heavy (non-hydrogen) atoms. The van der Waals surface area contributed by atoms with Crippen LogP contribution in [0.4, 0.5) is 4.79 Å². The van der Waals surface area contributed by atoms with Crippen LogP contribution >= 0.6 is 0 Å². The van der Waals surface area contributed by atoms with Crippen LogP contribution in [0.15, 0.2) is 0 Å². The van der Waals surface area contributed by atoms with E-state index in [1.807, 2.05) is 0 Å². The number of hydrogen-bond donors (Lipinski definition) is 2. The Morgan fingerprint density at radius 1 is 1.30 bits per heavy atom. The summed E-state index contributed by atoms with van der Waals surface area (Å²) in [6.07, 6.45) is 2.37. The minimum absolute atomic E-state index is 0.0919. The molecule has 7 nitrogen and oxygen atoms in total. The maximum absolute atomic E-state index is 12.4. The van der Waals surface area contributed by atoms with Crippen LogP contribution in [-0.4, -0.2) is 55.6 Å². The summed E-state index contributed by atoms with van der Waals surface area (Å²) in [6, 6.07) is -1.18. The van der Waals surface area contributed by atoms with Crippen molar-refractivity contribution in [1.29, 1.82) is 0 Å². The number of hydrogen-bond acceptors (Lipinski definition) is 4. The fourth-order valence-corrected chi connectivity index (χ4v) is 2.69. The maximum atomic E-state index is 12.4. The normalized spacial score (nSPS) is 24.9. The van der Waals surface area contributed by atoms with Gasteiger partial charge in [0.1, 0.15) is 6.04 Å². The molecule has 2 N–H and O–H groups in total. The van der Waals surface area contributed by atoms with Gasteiger partial charge in [-0.25, -0.2) is 4.79 Å². The first-order valence-corrected chi connectivity index (χ1v) is 6.98. The summed E-state index contributed by atoms with van der Waals surface area (Å²) in [5, 5.41) is 4.73. The number of nitrogens with zero attached hydrogens (tertiary/aromatic N) is 1. The van der Waals surface area contributed by atoms with Gasteiger partial charge in [0.25, 0.3) is 0 Å². The van der Waals surface area contributed by atoms with Crippen molar-refractivity contribution in [2.24, 2.45) is 5.92 Å². The summed E-state index contributed by atoms with van der Waals surface area (Å²) in [5.41, 5.74) is 0. The highest BCUT2D eigenvalue weighted by Gasteiger charge is 2.31. The number of amides is 4. The molecule has 1 atom stereocenters. The van der Waals surface area contributed by atoms with Crippen molar-refractivity contribution in [3.05, 3.63) is 0 Å². The van der Waals surface area contributed by atoms with E-state index in [0.29, 0.717) is 25.4 Å². The van der Waals surface area contributed by atoms with Gasteiger partial charge in [-0.3, -0.25) is 14.9 Å². The standard InChI is InChI=1S/C13H21N3O4/c1-20-8-9-4-6-16(7-5-9)12(18)10-2-3-11(17)15-13(19)14-10/h9-10H,2-8H2,1H3,(H2,14,15,17,19)/t10-/m0/s1. The molecule has 4 amide bonds. The number of rotatable bonds is 3. The smallest absolute Gasteiger partial charge is 0.322 e. The highest BCUT2D eigenvalue weighted by Crippen LogP contribution is 2.19. The van der Waals surface area contributed by atoms with Gasteiger partial charge in [-0.2, -0.15) is 0 Å². The summed E-state index contributed by atoms with van der Waals surface area (Å²) < 4.78 is 5.13. The molecule has 0 aromatic rings. The van der Waals surface area contributed by atoms with E-state index in [1.54, 1.807) is 12.0 Å². The van der Waals surface area contributed by atoms with Gasteiger partial charge in [0.15, 0.2) is 0 Å². The number of nitrogens with one attached hydrogen (secondary N) is 2. The molecule has 2 saturated heterocycles. The summed E-state index contributed by atoms with van der Waals surface area (Å²) in [5.74, 6) is 0.0679. The molecule has 0 saturated carbocycles. The van der Waals surface area contributed by atoms with Crippen LogP contribution in [0.1, 0.15) is 25.7 Å². The molecule has 0 aliphatic carbocycles. The van der Waals surface area contributed by atoms with E-state index >= 15 is 0 Å². The van der Waals surface area contributed by atoms with Crippen LogP contribution in [0.2, 0.25) is 0 Å². The van der Waals surface area contributed by atoms with Crippen molar-refractivity contribution in [3.8, 4) is 0 Å². The number of methoxy groups -OCH3 is 1. The number of imide groups is 1. The molecular formula is C13H21N3O4. The summed E-state index contributed by atoms with van der Waals surface area (Å²) in [4.78, 5) is 36.8. The van der Waals surface area contributed by atoms with Gasteiger partial charge >= 0.3 is 6.03 Å². The Morgan fingerprint density at radius 2 is 2.00 bits per heavy atom. The van der Waals surface area contributed by atoms with Gasteiger partial charge in [0, 0.05) is 33.2 Å². The molecule has 0 unspecified atom stereocenters. The van der Waals surface area contributed by atoms with Crippen molar-refractivity contribution < 1.29 is 19.1 Å². The topological polar surface area (TPSA) is 87.7 Å². The van der Waals surface area contributed by atoms with E-state index in [2.05, 4.69) is 10.6 Å². The highest BCUT2D eigenvalue weighted by atomic mass is 16.5. The van der Waals surface area contributed by atoms with E-state index < -0.39 is 12.1 Å². The van der Waals surface area contributed by atoms with Gasteiger partial charge in [0.2, 0.25) is 11.8 Å². The lowest BCUT2D eigenvalue weighted by Crippen LogP contribution is -2.51. The number of piperidine rings is 1. The second-order valence-corrected chi connectivity index (χ2v) is 5.34. The number of likely N-dealkylation sites (tertiary alicyclic amines) is 1. The zero-order valence-electron chi connectivity index (χ0n) is 11.7. The van der Waals surface area contributed by atoms with Gasteiger partial charge in [-0.15, -0.1) is 0 Å². The zero-order valence-corrected chi connectivity index (χ0v) is 11.7. The Labute approximate surface area is 118 Å². The van der Waals surface area contributed by atoms with Crippen molar-refractivity contribution in [3.63, 3.8) is 0 Å². The average Bonchev–Trinajstić information content (AvgIpc) is 2.60. The van der Waals surface area contributed by atoms with Crippen molar-refractivity contribution >= 4 is 17.8 Å². The predicted octanol–water partition coefficient (Wildman–Crippen LogP) is -0.140. The molecule has 0 aromatic carbocycles. The lowest BCUT2D eigenvalue weighted by atomic mass is 9.97. The van der Waals surface area contributed by atoms with Gasteiger partial charge < -0.3 is 15.0 Å². The van der Waals surface area contributed by atoms with Crippen LogP contribution < -0.4 is 10.6 Å². The lowest BCUT2D eigenvalue weighted by Gasteiger charge is -2.33. The maximum Gasteiger partial charge on any atom is 0.322 e. The quantitative estimate of drug-likeness (QED) is 0.754. The minimum atomic E-state index is -0.597. The number of carbonyl (C=O) groups is 3. The number of urea groups is 1. The number of carbonyl (C=O) groups excluding carboxylic acids is 3. The Kier molecular flexibility index (Phi) is 4.94. The van der Waals surface area contributed by atoms with E-state index in [-0.39, 0.29) is 18.2 Å². The third-order valence-corrected chi connectivity index (χ3v) is 3.85. The molecule has 112 valence electrons. The van der Waals surface area contributed by atoms with E-state index in [0.717, 1.165) is 19.4 Å². The summed E-state index contributed by atoms with van der Waals surface area (Å²) >= 11 is 0. The molecule has 7 heteroatoms. The fraction of sp³-hybridized carbons (Fsp3) is 0.769. The third-order valence-electron chi connectivity index (χ3n) is 3.85. The molecular weight excluding hydrogens is 262 g/mol. The SMILES string of the molecule is COCC1CCN(C(=O)[C@@H]2CCC(=O)NC(=O)N2)CC1. The number of ether oxygens (including phenoxy) is 1. The highest BCUT2D eigenvalue weighted by molar-refractivity contribution is 5.98. The monoisotopic (exact) mass is 283 g/mol. The third kappa shape index (κ3) is 3.69. The van der Waals surface area contributed by atoms with Crippen LogP contribution in [0, 0.1) is 5.92 Å².